The molecule has 2 rings (SSSR count). The van der Waals surface area contributed by atoms with Crippen molar-refractivity contribution in [2.45, 2.75) is 17.1 Å². The number of hydrogen-bond donors (Lipinski definition) is 0. The number of carbonyl (C=O) groups excluding carboxylic acids is 1. The molecule has 0 aromatic heterocycles. The van der Waals surface area contributed by atoms with Gasteiger partial charge in [0.15, 0.2) is 17.4 Å². The summed E-state index contributed by atoms with van der Waals surface area (Å²) in [5, 5.41) is -0.390. The fourth-order valence-electron chi connectivity index (χ4n) is 1.67. The van der Waals surface area contributed by atoms with E-state index in [1.807, 2.05) is 24.3 Å². The molecule has 20 heavy (non-hydrogen) atoms. The molecule has 1 unspecified atom stereocenters. The number of hydrogen-bond acceptors (Lipinski definition) is 2. The summed E-state index contributed by atoms with van der Waals surface area (Å²) in [4.78, 5) is 13.1. The lowest BCUT2D eigenvalue weighted by Crippen LogP contribution is -2.14. The first-order valence-corrected chi connectivity index (χ1v) is 7.56. The van der Waals surface area contributed by atoms with Gasteiger partial charge in [0.25, 0.3) is 0 Å². The van der Waals surface area contributed by atoms with Crippen LogP contribution in [0.2, 0.25) is 0 Å². The third-order valence-corrected chi connectivity index (χ3v) is 4.85. The van der Waals surface area contributed by atoms with Crippen LogP contribution >= 0.6 is 27.7 Å². The number of halogens is 3. The van der Waals surface area contributed by atoms with Crippen LogP contribution in [0.4, 0.5) is 8.78 Å². The Labute approximate surface area is 128 Å². The summed E-state index contributed by atoms with van der Waals surface area (Å²) < 4.78 is 26.9. The molecule has 5 heteroatoms. The van der Waals surface area contributed by atoms with Gasteiger partial charge in [-0.15, -0.1) is 11.8 Å². The average molecular weight is 357 g/mol. The molecule has 104 valence electrons. The van der Waals surface area contributed by atoms with Crippen LogP contribution in [-0.4, -0.2) is 11.0 Å². The Balaban J connectivity index is 2.16. The van der Waals surface area contributed by atoms with E-state index < -0.39 is 16.9 Å². The topological polar surface area (TPSA) is 17.1 Å². The van der Waals surface area contributed by atoms with Crippen molar-refractivity contribution >= 4 is 33.5 Å². The second-order valence-electron chi connectivity index (χ2n) is 4.18. The lowest BCUT2D eigenvalue weighted by atomic mass is 10.1. The zero-order valence-electron chi connectivity index (χ0n) is 10.6. The fraction of sp³-hybridized carbons (Fsp3) is 0.133. The first kappa shape index (κ1) is 15.2. The normalized spacial score (nSPS) is 12.2. The van der Waals surface area contributed by atoms with Crippen LogP contribution in [-0.2, 0) is 0 Å². The predicted octanol–water partition coefficient (Wildman–Crippen LogP) is 5.09. The van der Waals surface area contributed by atoms with Crippen molar-refractivity contribution in [2.24, 2.45) is 0 Å². The van der Waals surface area contributed by atoms with Crippen molar-refractivity contribution in [1.82, 2.24) is 0 Å². The second kappa shape index (κ2) is 6.50. The molecule has 0 bridgehead atoms. The fourth-order valence-corrected chi connectivity index (χ4v) is 3.20. The molecule has 1 atom stereocenters. The van der Waals surface area contributed by atoms with E-state index in [4.69, 9.17) is 0 Å². The van der Waals surface area contributed by atoms with E-state index in [1.54, 1.807) is 6.92 Å². The van der Waals surface area contributed by atoms with E-state index in [1.165, 1.54) is 17.8 Å². The molecule has 1 nitrogen and oxygen atoms in total. The van der Waals surface area contributed by atoms with Gasteiger partial charge in [-0.1, -0.05) is 12.1 Å². The molecule has 0 saturated heterocycles. The maximum atomic E-state index is 13.2. The third-order valence-electron chi connectivity index (χ3n) is 2.71. The van der Waals surface area contributed by atoms with Crippen molar-refractivity contribution in [3.8, 4) is 0 Å². The third kappa shape index (κ3) is 3.46. The first-order valence-electron chi connectivity index (χ1n) is 5.89. The van der Waals surface area contributed by atoms with Crippen LogP contribution in [0.3, 0.4) is 0 Å². The SMILES string of the molecule is CC(Sc1ccccc1Br)C(=O)c1ccc(F)c(F)c1. The number of benzene rings is 2. The number of ketones is 1. The largest absolute Gasteiger partial charge is 0.293 e. The van der Waals surface area contributed by atoms with Gasteiger partial charge in [0, 0.05) is 14.9 Å². The highest BCUT2D eigenvalue weighted by molar-refractivity contribution is 9.10. The van der Waals surface area contributed by atoms with Crippen LogP contribution in [0.1, 0.15) is 17.3 Å². The van der Waals surface area contributed by atoms with Crippen molar-refractivity contribution in [1.29, 1.82) is 0 Å². The molecular formula is C15H11BrF2OS. The van der Waals surface area contributed by atoms with Gasteiger partial charge in [-0.05, 0) is 53.2 Å². The summed E-state index contributed by atoms with van der Waals surface area (Å²) >= 11 is 4.78. The summed E-state index contributed by atoms with van der Waals surface area (Å²) in [6, 6.07) is 10.8. The molecule has 0 radical (unpaired) electrons. The first-order chi connectivity index (χ1) is 9.49. The molecule has 0 N–H and O–H groups in total. The molecule has 0 heterocycles. The number of rotatable bonds is 4. The average Bonchev–Trinajstić information content (AvgIpc) is 2.43. The summed E-state index contributed by atoms with van der Waals surface area (Å²) in [7, 11) is 0. The molecule has 0 amide bonds. The quantitative estimate of drug-likeness (QED) is 0.560. The Morgan fingerprint density at radius 1 is 1.15 bits per heavy atom. The van der Waals surface area contributed by atoms with E-state index in [-0.39, 0.29) is 11.3 Å². The lowest BCUT2D eigenvalue weighted by Gasteiger charge is -2.11. The Morgan fingerprint density at radius 3 is 2.50 bits per heavy atom. The predicted molar refractivity (Wildman–Crippen MR) is 80.1 cm³/mol. The molecule has 0 aliphatic carbocycles. The smallest absolute Gasteiger partial charge is 0.175 e. The van der Waals surface area contributed by atoms with Gasteiger partial charge in [0.05, 0.1) is 5.25 Å². The van der Waals surface area contributed by atoms with Crippen molar-refractivity contribution < 1.29 is 13.6 Å². The number of carbonyl (C=O) groups is 1. The molecular weight excluding hydrogens is 346 g/mol. The van der Waals surface area contributed by atoms with Gasteiger partial charge in [-0.25, -0.2) is 8.78 Å². The van der Waals surface area contributed by atoms with E-state index in [2.05, 4.69) is 15.9 Å². The highest BCUT2D eigenvalue weighted by Gasteiger charge is 2.18. The summed E-state index contributed by atoms with van der Waals surface area (Å²) in [6.07, 6.45) is 0. The monoisotopic (exact) mass is 356 g/mol. The zero-order chi connectivity index (χ0) is 14.7. The molecule has 0 aliphatic rings. The second-order valence-corrected chi connectivity index (χ2v) is 6.42. The lowest BCUT2D eigenvalue weighted by molar-refractivity contribution is 0.0993. The van der Waals surface area contributed by atoms with Gasteiger partial charge >= 0.3 is 0 Å². The van der Waals surface area contributed by atoms with Gasteiger partial charge in [-0.2, -0.15) is 0 Å². The number of thioether (sulfide) groups is 1. The van der Waals surface area contributed by atoms with Gasteiger partial charge in [0.1, 0.15) is 0 Å². The molecule has 0 fully saturated rings. The van der Waals surface area contributed by atoms with Crippen LogP contribution in [0, 0.1) is 11.6 Å². The van der Waals surface area contributed by atoms with E-state index in [0.29, 0.717) is 0 Å². The van der Waals surface area contributed by atoms with Crippen molar-refractivity contribution in [3.05, 3.63) is 64.1 Å². The Hall–Kier alpha value is -1.20. The van der Waals surface area contributed by atoms with Crippen molar-refractivity contribution in [2.75, 3.05) is 0 Å². The summed E-state index contributed by atoms with van der Waals surface area (Å²) in [6.45, 7) is 1.74. The van der Waals surface area contributed by atoms with Gasteiger partial charge in [-0.3, -0.25) is 4.79 Å². The minimum Gasteiger partial charge on any atom is -0.293 e. The Bertz CT molecular complexity index is 646. The Morgan fingerprint density at radius 2 is 1.85 bits per heavy atom. The van der Waals surface area contributed by atoms with Crippen molar-refractivity contribution in [3.63, 3.8) is 0 Å². The highest BCUT2D eigenvalue weighted by Crippen LogP contribution is 2.31. The van der Waals surface area contributed by atoms with E-state index in [9.17, 15) is 13.6 Å². The maximum Gasteiger partial charge on any atom is 0.175 e. The van der Waals surface area contributed by atoms with Gasteiger partial charge < -0.3 is 0 Å². The molecule has 0 aliphatic heterocycles. The zero-order valence-corrected chi connectivity index (χ0v) is 13.0. The van der Waals surface area contributed by atoms with E-state index in [0.717, 1.165) is 21.5 Å². The molecule has 0 spiro atoms. The standard InChI is InChI=1S/C15H11BrF2OS/c1-9(20-14-5-3-2-4-11(14)16)15(19)10-6-7-12(17)13(18)8-10/h2-9H,1H3. The summed E-state index contributed by atoms with van der Waals surface area (Å²) in [5.41, 5.74) is 0.177. The molecule has 0 saturated carbocycles. The van der Waals surface area contributed by atoms with Crippen LogP contribution < -0.4 is 0 Å². The maximum absolute atomic E-state index is 13.2. The molecule has 2 aromatic carbocycles. The minimum atomic E-state index is -1.01. The minimum absolute atomic E-state index is 0.177. The van der Waals surface area contributed by atoms with Gasteiger partial charge in [0.2, 0.25) is 0 Å². The number of Topliss-reactive ketones (excluding diaryl/α,β-unsaturated/α-hetero) is 1. The molecule has 2 aromatic rings. The van der Waals surface area contributed by atoms with Crippen LogP contribution in [0.15, 0.2) is 51.8 Å². The van der Waals surface area contributed by atoms with Crippen LogP contribution in [0.5, 0.6) is 0 Å². The summed E-state index contributed by atoms with van der Waals surface area (Å²) in [5.74, 6) is -2.19. The Kier molecular flexibility index (Phi) is 4.94. The van der Waals surface area contributed by atoms with E-state index >= 15 is 0 Å². The highest BCUT2D eigenvalue weighted by atomic mass is 79.9. The van der Waals surface area contributed by atoms with Crippen LogP contribution in [0.25, 0.3) is 0 Å².